The van der Waals surface area contributed by atoms with E-state index in [0.29, 0.717) is 0 Å². The molecule has 0 saturated heterocycles. The van der Waals surface area contributed by atoms with Crippen LogP contribution in [0.25, 0.3) is 0 Å². The number of nitrogens with zero attached hydrogens (tertiary/aromatic N) is 3. The molecule has 0 atom stereocenters. The van der Waals surface area contributed by atoms with E-state index < -0.39 is 12.6 Å². The number of hydrogen-bond acceptors (Lipinski definition) is 4. The van der Waals surface area contributed by atoms with Crippen molar-refractivity contribution in [2.24, 2.45) is 7.05 Å². The van der Waals surface area contributed by atoms with E-state index in [9.17, 15) is 14.3 Å². The van der Waals surface area contributed by atoms with Gasteiger partial charge in [-0.25, -0.2) is 4.39 Å². The molecule has 0 aliphatic heterocycles. The first-order valence-corrected chi connectivity index (χ1v) is 5.16. The molecule has 7 heteroatoms. The highest BCUT2D eigenvalue weighted by molar-refractivity contribution is 6.03. The molecule has 94 valence electrons. The zero-order chi connectivity index (χ0) is 13.1. The Hall–Kier alpha value is -2.44. The summed E-state index contributed by atoms with van der Waals surface area (Å²) in [6, 6.07) is 5.87. The van der Waals surface area contributed by atoms with E-state index in [0.717, 1.165) is 0 Å². The number of alkyl halides is 1. The molecule has 0 aliphatic carbocycles. The summed E-state index contributed by atoms with van der Waals surface area (Å²) in [7, 11) is 1.55. The van der Waals surface area contributed by atoms with Gasteiger partial charge in [0.2, 0.25) is 5.95 Å². The predicted molar refractivity (Wildman–Crippen MR) is 61.9 cm³/mol. The standard InChI is InChI=1S/C11H11FN4O2/c1-16-9(6-12)14-15-11(16)13-10(18)7-3-2-4-8(17)5-7/h2-5,17H,6H2,1H3,(H,13,15,18). The molecule has 1 aromatic heterocycles. The second-order valence-electron chi connectivity index (χ2n) is 3.64. The number of amides is 1. The summed E-state index contributed by atoms with van der Waals surface area (Å²) in [5.74, 6) is -0.186. The number of anilines is 1. The number of rotatable bonds is 3. The van der Waals surface area contributed by atoms with Crippen molar-refractivity contribution in [1.29, 1.82) is 0 Å². The Bertz CT molecular complexity index is 582. The average molecular weight is 250 g/mol. The second-order valence-corrected chi connectivity index (χ2v) is 3.64. The van der Waals surface area contributed by atoms with Gasteiger partial charge in [0.05, 0.1) is 0 Å². The summed E-state index contributed by atoms with van der Waals surface area (Å²) in [6.45, 7) is -0.758. The number of phenols is 1. The van der Waals surface area contributed by atoms with Crippen molar-refractivity contribution in [1.82, 2.24) is 14.8 Å². The van der Waals surface area contributed by atoms with Gasteiger partial charge >= 0.3 is 0 Å². The Morgan fingerprint density at radius 1 is 1.50 bits per heavy atom. The van der Waals surface area contributed by atoms with Crippen molar-refractivity contribution in [3.05, 3.63) is 35.7 Å². The molecule has 2 N–H and O–H groups in total. The number of nitrogens with one attached hydrogen (secondary N) is 1. The Morgan fingerprint density at radius 2 is 2.28 bits per heavy atom. The van der Waals surface area contributed by atoms with E-state index in [1.165, 1.54) is 16.7 Å². The largest absolute Gasteiger partial charge is 0.508 e. The lowest BCUT2D eigenvalue weighted by atomic mass is 10.2. The third-order valence-corrected chi connectivity index (χ3v) is 2.42. The van der Waals surface area contributed by atoms with Gasteiger partial charge in [0, 0.05) is 12.6 Å². The summed E-state index contributed by atoms with van der Waals surface area (Å²) < 4.78 is 13.8. The first-order valence-electron chi connectivity index (χ1n) is 5.16. The fraction of sp³-hybridized carbons (Fsp3) is 0.182. The number of carbonyl (C=O) groups excluding carboxylic acids is 1. The lowest BCUT2D eigenvalue weighted by Crippen LogP contribution is -2.15. The molecule has 1 heterocycles. The summed E-state index contributed by atoms with van der Waals surface area (Å²) in [4.78, 5) is 11.8. The SMILES string of the molecule is Cn1c(CF)nnc1NC(=O)c1cccc(O)c1. The third kappa shape index (κ3) is 2.29. The van der Waals surface area contributed by atoms with E-state index in [1.54, 1.807) is 19.2 Å². The maximum Gasteiger partial charge on any atom is 0.258 e. The molecule has 2 rings (SSSR count). The summed E-state index contributed by atoms with van der Waals surface area (Å²) in [6.07, 6.45) is 0. The van der Waals surface area contributed by atoms with Crippen LogP contribution in [-0.4, -0.2) is 25.8 Å². The van der Waals surface area contributed by atoms with Crippen LogP contribution in [0.4, 0.5) is 10.3 Å². The molecule has 0 fully saturated rings. The Morgan fingerprint density at radius 3 is 2.89 bits per heavy atom. The van der Waals surface area contributed by atoms with Crippen molar-refractivity contribution in [3.63, 3.8) is 0 Å². The lowest BCUT2D eigenvalue weighted by molar-refractivity contribution is 0.102. The maximum atomic E-state index is 12.4. The minimum atomic E-state index is -0.758. The Balaban J connectivity index is 2.19. The maximum absolute atomic E-state index is 12.4. The lowest BCUT2D eigenvalue weighted by Gasteiger charge is -2.04. The van der Waals surface area contributed by atoms with Crippen LogP contribution >= 0.6 is 0 Å². The second kappa shape index (κ2) is 4.82. The average Bonchev–Trinajstić information content (AvgIpc) is 2.70. The van der Waals surface area contributed by atoms with E-state index in [2.05, 4.69) is 15.5 Å². The Labute approximate surface area is 102 Å². The zero-order valence-electron chi connectivity index (χ0n) is 9.59. The molecular formula is C11H11FN4O2. The van der Waals surface area contributed by atoms with Crippen LogP contribution in [0.3, 0.4) is 0 Å². The fourth-order valence-corrected chi connectivity index (χ4v) is 1.41. The van der Waals surface area contributed by atoms with E-state index in [4.69, 9.17) is 0 Å². The zero-order valence-corrected chi connectivity index (χ0v) is 9.59. The number of aromatic hydroxyl groups is 1. The molecule has 0 radical (unpaired) electrons. The number of aromatic nitrogens is 3. The molecule has 18 heavy (non-hydrogen) atoms. The van der Waals surface area contributed by atoms with Crippen LogP contribution < -0.4 is 5.32 Å². The predicted octanol–water partition coefficient (Wildman–Crippen LogP) is 1.24. The van der Waals surface area contributed by atoms with Crippen LogP contribution in [0.15, 0.2) is 24.3 Å². The molecule has 0 bridgehead atoms. The Kier molecular flexibility index (Phi) is 3.22. The van der Waals surface area contributed by atoms with Crippen molar-refractivity contribution in [2.45, 2.75) is 6.67 Å². The monoisotopic (exact) mass is 250 g/mol. The van der Waals surface area contributed by atoms with Gasteiger partial charge in [0.15, 0.2) is 5.82 Å². The topological polar surface area (TPSA) is 80.0 Å². The van der Waals surface area contributed by atoms with Gasteiger partial charge in [-0.2, -0.15) is 0 Å². The summed E-state index contributed by atoms with van der Waals surface area (Å²) in [5, 5.41) is 19.0. The smallest absolute Gasteiger partial charge is 0.258 e. The fourth-order valence-electron chi connectivity index (χ4n) is 1.41. The van der Waals surface area contributed by atoms with Crippen LogP contribution in [0.5, 0.6) is 5.75 Å². The molecule has 0 saturated carbocycles. The molecule has 6 nitrogen and oxygen atoms in total. The van der Waals surface area contributed by atoms with E-state index >= 15 is 0 Å². The highest BCUT2D eigenvalue weighted by atomic mass is 19.1. The van der Waals surface area contributed by atoms with Crippen LogP contribution in [0.1, 0.15) is 16.2 Å². The van der Waals surface area contributed by atoms with E-state index in [-0.39, 0.29) is 23.1 Å². The number of phenolic OH excluding ortho intramolecular Hbond substituents is 1. The quantitative estimate of drug-likeness (QED) is 0.858. The van der Waals surface area contributed by atoms with E-state index in [1.807, 2.05) is 0 Å². The van der Waals surface area contributed by atoms with Gasteiger partial charge in [-0.05, 0) is 18.2 Å². The molecule has 0 unspecified atom stereocenters. The van der Waals surface area contributed by atoms with Gasteiger partial charge in [-0.15, -0.1) is 10.2 Å². The van der Waals surface area contributed by atoms with Crippen molar-refractivity contribution < 1.29 is 14.3 Å². The number of halogens is 1. The molecule has 1 aromatic carbocycles. The molecule has 2 aromatic rings. The number of benzene rings is 1. The third-order valence-electron chi connectivity index (χ3n) is 2.42. The van der Waals surface area contributed by atoms with Crippen molar-refractivity contribution in [3.8, 4) is 5.75 Å². The minimum absolute atomic E-state index is 0.00920. The van der Waals surface area contributed by atoms with Gasteiger partial charge in [-0.1, -0.05) is 6.07 Å². The molecular weight excluding hydrogens is 239 g/mol. The van der Waals surface area contributed by atoms with Crippen LogP contribution in [0, 0.1) is 0 Å². The van der Waals surface area contributed by atoms with Crippen molar-refractivity contribution in [2.75, 3.05) is 5.32 Å². The molecule has 0 aliphatic rings. The highest BCUT2D eigenvalue weighted by Crippen LogP contribution is 2.13. The van der Waals surface area contributed by atoms with Crippen LogP contribution in [0.2, 0.25) is 0 Å². The molecule has 1 amide bonds. The molecule has 0 spiro atoms. The van der Waals surface area contributed by atoms with Crippen LogP contribution in [-0.2, 0) is 13.7 Å². The van der Waals surface area contributed by atoms with Gasteiger partial charge in [-0.3, -0.25) is 14.7 Å². The van der Waals surface area contributed by atoms with Gasteiger partial charge in [0.1, 0.15) is 12.4 Å². The van der Waals surface area contributed by atoms with Crippen molar-refractivity contribution >= 4 is 11.9 Å². The first kappa shape index (κ1) is 12.0. The normalized spacial score (nSPS) is 10.3. The summed E-state index contributed by atoms with van der Waals surface area (Å²) >= 11 is 0. The number of carbonyl (C=O) groups is 1. The van der Waals surface area contributed by atoms with Gasteiger partial charge in [0.25, 0.3) is 5.91 Å². The number of hydrogen-bond donors (Lipinski definition) is 2. The van der Waals surface area contributed by atoms with Gasteiger partial charge < -0.3 is 5.11 Å². The highest BCUT2D eigenvalue weighted by Gasteiger charge is 2.12. The summed E-state index contributed by atoms with van der Waals surface area (Å²) in [5.41, 5.74) is 0.278. The first-order chi connectivity index (χ1) is 8.61. The minimum Gasteiger partial charge on any atom is -0.508 e.